The smallest absolute Gasteiger partial charge is 0.317 e. The Labute approximate surface area is 232 Å². The maximum Gasteiger partial charge on any atom is 0.317 e. The van der Waals surface area contributed by atoms with Gasteiger partial charge in [-0.25, -0.2) is 4.79 Å². The molecule has 2 aliphatic rings. The molecular formula is C28H43ClN6O3. The zero-order chi connectivity index (χ0) is 27.2. The number of amidine groups is 1. The summed E-state index contributed by atoms with van der Waals surface area (Å²) in [7, 11) is 3.40. The molecule has 1 aromatic rings. The summed E-state index contributed by atoms with van der Waals surface area (Å²) in [6.45, 7) is 2.93. The van der Waals surface area contributed by atoms with E-state index in [-0.39, 0.29) is 30.1 Å². The van der Waals surface area contributed by atoms with E-state index in [0.717, 1.165) is 37.9 Å². The number of hydrogen-bond donors (Lipinski definition) is 3. The Morgan fingerprint density at radius 3 is 2.79 bits per heavy atom. The van der Waals surface area contributed by atoms with Crippen LogP contribution in [-0.4, -0.2) is 69.9 Å². The first-order chi connectivity index (χ1) is 18.5. The average molecular weight is 547 g/mol. The van der Waals surface area contributed by atoms with Gasteiger partial charge in [-0.15, -0.1) is 4.99 Å². The number of benzene rings is 1. The fraction of sp³-hybridized carbons (Fsp3) is 0.679. The topological polar surface area (TPSA) is 111 Å². The minimum absolute atomic E-state index is 0.00900. The minimum atomic E-state index is -0.222. The molecule has 3 rings (SSSR count). The SMILES string of the molecule is CNC[C@H](CC1CCCCC1)NC(=O)N1CCC[C@@H]([C@@H](OCCN/C(=N\C#N)OC)c2cccc(Cl)c2)C1. The molecule has 1 heterocycles. The largest absolute Gasteiger partial charge is 0.468 e. The molecule has 38 heavy (non-hydrogen) atoms. The number of nitriles is 1. The monoisotopic (exact) mass is 546 g/mol. The van der Waals surface area contributed by atoms with Crippen LogP contribution in [-0.2, 0) is 9.47 Å². The number of carbonyl (C=O) groups is 1. The number of hydrogen-bond acceptors (Lipinski definition) is 6. The number of aliphatic imine (C=N–C) groups is 1. The molecule has 0 spiro atoms. The van der Waals surface area contributed by atoms with Crippen LogP contribution in [0.5, 0.6) is 0 Å². The van der Waals surface area contributed by atoms with Crippen molar-refractivity contribution in [2.45, 2.75) is 63.5 Å². The van der Waals surface area contributed by atoms with E-state index < -0.39 is 0 Å². The highest BCUT2D eigenvalue weighted by molar-refractivity contribution is 6.30. The van der Waals surface area contributed by atoms with E-state index in [1.165, 1.54) is 39.2 Å². The predicted molar refractivity (Wildman–Crippen MR) is 150 cm³/mol. The van der Waals surface area contributed by atoms with Crippen molar-refractivity contribution in [1.82, 2.24) is 20.9 Å². The molecule has 210 valence electrons. The van der Waals surface area contributed by atoms with Crippen LogP contribution >= 0.6 is 11.6 Å². The van der Waals surface area contributed by atoms with E-state index in [1.54, 1.807) is 6.19 Å². The van der Waals surface area contributed by atoms with Gasteiger partial charge in [-0.05, 0) is 49.9 Å². The number of rotatable bonds is 11. The summed E-state index contributed by atoms with van der Waals surface area (Å²) >= 11 is 6.32. The number of amides is 2. The van der Waals surface area contributed by atoms with Gasteiger partial charge in [-0.3, -0.25) is 0 Å². The second kappa shape index (κ2) is 16.4. The van der Waals surface area contributed by atoms with Gasteiger partial charge in [-0.2, -0.15) is 5.26 Å². The quantitative estimate of drug-likeness (QED) is 0.164. The molecule has 10 heteroatoms. The normalized spacial score (nSPS) is 20.3. The van der Waals surface area contributed by atoms with Crippen LogP contribution < -0.4 is 16.0 Å². The molecule has 1 aliphatic carbocycles. The van der Waals surface area contributed by atoms with Gasteiger partial charge in [-0.1, -0.05) is 55.8 Å². The van der Waals surface area contributed by atoms with Crippen molar-refractivity contribution in [3.8, 4) is 6.19 Å². The number of nitrogens with zero attached hydrogens (tertiary/aromatic N) is 3. The molecule has 0 bridgehead atoms. The number of likely N-dealkylation sites (tertiary alicyclic amines) is 1. The zero-order valence-corrected chi connectivity index (χ0v) is 23.5. The molecule has 0 unspecified atom stereocenters. The van der Waals surface area contributed by atoms with E-state index in [2.05, 4.69) is 20.9 Å². The first-order valence-corrected chi connectivity index (χ1v) is 14.2. The lowest BCUT2D eigenvalue weighted by atomic mass is 9.85. The summed E-state index contributed by atoms with van der Waals surface area (Å²) < 4.78 is 11.4. The van der Waals surface area contributed by atoms with Crippen LogP contribution in [0, 0.1) is 23.3 Å². The molecule has 0 radical (unpaired) electrons. The summed E-state index contributed by atoms with van der Waals surface area (Å²) in [5.74, 6) is 0.825. The Hall–Kier alpha value is -2.54. The number of piperidine rings is 1. The molecule has 2 fully saturated rings. The van der Waals surface area contributed by atoms with Gasteiger partial charge < -0.3 is 30.3 Å². The Kier molecular flexibility index (Phi) is 13.0. The number of urea groups is 1. The highest BCUT2D eigenvalue weighted by Crippen LogP contribution is 2.34. The molecule has 2 amide bonds. The van der Waals surface area contributed by atoms with Crippen molar-refractivity contribution in [2.75, 3.05) is 46.9 Å². The van der Waals surface area contributed by atoms with Gasteiger partial charge in [0.05, 0.1) is 19.8 Å². The molecule has 3 atom stereocenters. The van der Waals surface area contributed by atoms with Gasteiger partial charge in [0.1, 0.15) is 0 Å². The number of methoxy groups -OCH3 is 1. The molecule has 1 aromatic carbocycles. The highest BCUT2D eigenvalue weighted by atomic mass is 35.5. The van der Waals surface area contributed by atoms with E-state index in [4.69, 9.17) is 26.3 Å². The van der Waals surface area contributed by atoms with Crippen molar-refractivity contribution >= 4 is 23.7 Å². The van der Waals surface area contributed by atoms with Crippen molar-refractivity contribution in [3.05, 3.63) is 34.9 Å². The molecule has 1 aliphatic heterocycles. The molecule has 1 saturated carbocycles. The molecule has 3 N–H and O–H groups in total. The predicted octanol–water partition coefficient (Wildman–Crippen LogP) is 4.45. The van der Waals surface area contributed by atoms with Gasteiger partial charge >= 0.3 is 6.03 Å². The second-order valence-electron chi connectivity index (χ2n) is 10.3. The first-order valence-electron chi connectivity index (χ1n) is 13.9. The van der Waals surface area contributed by atoms with Gasteiger partial charge in [0, 0.05) is 43.2 Å². The van der Waals surface area contributed by atoms with Crippen molar-refractivity contribution in [2.24, 2.45) is 16.8 Å². The summed E-state index contributed by atoms with van der Waals surface area (Å²) in [6, 6.07) is 8.02. The van der Waals surface area contributed by atoms with Crippen LogP contribution in [0.15, 0.2) is 29.3 Å². The van der Waals surface area contributed by atoms with E-state index >= 15 is 0 Å². The number of carbonyl (C=O) groups excluding carboxylic acids is 1. The molecule has 0 aromatic heterocycles. The number of ether oxygens (including phenoxy) is 2. The summed E-state index contributed by atoms with van der Waals surface area (Å²) in [5, 5.41) is 19.0. The van der Waals surface area contributed by atoms with Gasteiger partial charge in [0.25, 0.3) is 6.02 Å². The third-order valence-electron chi connectivity index (χ3n) is 7.49. The lowest BCUT2D eigenvalue weighted by molar-refractivity contribution is -0.00800. The van der Waals surface area contributed by atoms with Crippen LogP contribution in [0.1, 0.15) is 63.0 Å². The fourth-order valence-electron chi connectivity index (χ4n) is 5.71. The Balaban J connectivity index is 1.62. The van der Waals surface area contributed by atoms with E-state index in [1.807, 2.05) is 36.2 Å². The maximum atomic E-state index is 13.4. The Bertz CT molecular complexity index is 933. The number of likely N-dealkylation sites (N-methyl/N-ethyl adjacent to an activating group) is 1. The van der Waals surface area contributed by atoms with Crippen molar-refractivity contribution in [3.63, 3.8) is 0 Å². The first kappa shape index (κ1) is 30.0. The lowest BCUT2D eigenvalue weighted by Gasteiger charge is -2.38. The third kappa shape index (κ3) is 9.64. The fourth-order valence-corrected chi connectivity index (χ4v) is 5.91. The van der Waals surface area contributed by atoms with E-state index in [9.17, 15) is 4.79 Å². The minimum Gasteiger partial charge on any atom is -0.468 e. The highest BCUT2D eigenvalue weighted by Gasteiger charge is 2.32. The third-order valence-corrected chi connectivity index (χ3v) is 7.73. The summed E-state index contributed by atoms with van der Waals surface area (Å²) in [4.78, 5) is 18.9. The van der Waals surface area contributed by atoms with E-state index in [0.29, 0.717) is 30.6 Å². The van der Waals surface area contributed by atoms with Gasteiger partial charge in [0.2, 0.25) is 6.19 Å². The second-order valence-corrected chi connectivity index (χ2v) is 10.7. The van der Waals surface area contributed by atoms with Crippen molar-refractivity contribution < 1.29 is 14.3 Å². The van der Waals surface area contributed by atoms with Crippen LogP contribution in [0.4, 0.5) is 4.79 Å². The molecule has 9 nitrogen and oxygen atoms in total. The summed E-state index contributed by atoms with van der Waals surface area (Å²) in [5.41, 5.74) is 0.993. The number of halogens is 1. The molecular weight excluding hydrogens is 504 g/mol. The van der Waals surface area contributed by atoms with Crippen molar-refractivity contribution in [1.29, 1.82) is 5.26 Å². The lowest BCUT2D eigenvalue weighted by Crippen LogP contribution is -2.52. The number of nitrogens with one attached hydrogen (secondary N) is 3. The summed E-state index contributed by atoms with van der Waals surface area (Å²) in [6.07, 6.45) is 10.9. The van der Waals surface area contributed by atoms with Crippen LogP contribution in [0.25, 0.3) is 0 Å². The zero-order valence-electron chi connectivity index (χ0n) is 22.8. The maximum absolute atomic E-state index is 13.4. The Morgan fingerprint density at radius 1 is 1.26 bits per heavy atom. The average Bonchev–Trinajstić information content (AvgIpc) is 2.93. The standard InChI is InChI=1S/C28H43ClN6O3/c1-31-18-25(16-21-8-4-3-5-9-21)34-28(36)35-14-7-11-23(19-35)26(22-10-6-12-24(29)17-22)38-15-13-32-27(37-2)33-20-30/h6,10,12,17,21,23,25-26,31H,3-5,7-9,11,13-16,18-19H2,1-2H3,(H,32,33)(H,34,36)/t23-,25+,26+/m1/s1. The van der Waals surface area contributed by atoms with Gasteiger partial charge in [0.15, 0.2) is 0 Å². The van der Waals surface area contributed by atoms with Crippen LogP contribution in [0.2, 0.25) is 5.02 Å². The van der Waals surface area contributed by atoms with Crippen LogP contribution in [0.3, 0.4) is 0 Å². The molecule has 1 saturated heterocycles. The Morgan fingerprint density at radius 2 is 2.08 bits per heavy atom.